The number of carbonyl (C=O) groups is 1. The second kappa shape index (κ2) is 7.10. The molecule has 1 N–H and O–H groups in total. The Balaban J connectivity index is 2.59. The Bertz CT molecular complexity index is 429. The Morgan fingerprint density at radius 2 is 2.06 bits per heavy atom. The first-order valence-electron chi connectivity index (χ1n) is 5.21. The van der Waals surface area contributed by atoms with Gasteiger partial charge in [0.05, 0.1) is 12.9 Å². The fourth-order valence-electron chi connectivity index (χ4n) is 1.29. The van der Waals surface area contributed by atoms with E-state index in [-0.39, 0.29) is 11.0 Å². The van der Waals surface area contributed by atoms with Gasteiger partial charge in [-0.25, -0.2) is 8.78 Å². The molecule has 0 aliphatic carbocycles. The van der Waals surface area contributed by atoms with Crippen LogP contribution in [0.1, 0.15) is 16.8 Å². The minimum atomic E-state index is -0.901. The molecule has 0 aliphatic heterocycles. The van der Waals surface area contributed by atoms with E-state index < -0.39 is 23.1 Å². The summed E-state index contributed by atoms with van der Waals surface area (Å²) in [6.07, 6.45) is 1.81. The monoisotopic (exact) mass is 319 g/mol. The van der Waals surface area contributed by atoms with E-state index in [0.717, 1.165) is 12.1 Å². The van der Waals surface area contributed by atoms with Crippen LogP contribution < -0.4 is 5.32 Å². The number of hydrogen-bond acceptors (Lipinski definition) is 2. The molecule has 98 valence electrons. The fourth-order valence-corrected chi connectivity index (χ4v) is 1.69. The lowest BCUT2D eigenvalue weighted by molar-refractivity contribution is 0.0942. The normalized spacial score (nSPS) is 9.94. The summed E-state index contributed by atoms with van der Waals surface area (Å²) >= 11 is 2.94. The van der Waals surface area contributed by atoms with Gasteiger partial charge in [-0.3, -0.25) is 4.79 Å². The lowest BCUT2D eigenvalue weighted by atomic mass is 10.2. The molecule has 0 atom stereocenters. The van der Waals surface area contributed by atoms with Crippen LogP contribution in [0.4, 0.5) is 8.78 Å². The summed E-state index contributed by atoms with van der Waals surface area (Å²) < 4.78 is 31.9. The van der Waals surface area contributed by atoms with Gasteiger partial charge in [-0.1, -0.05) is 22.5 Å². The van der Waals surface area contributed by atoms with E-state index in [4.69, 9.17) is 4.74 Å². The van der Waals surface area contributed by atoms with Gasteiger partial charge in [0.15, 0.2) is 0 Å². The van der Waals surface area contributed by atoms with Crippen molar-refractivity contribution in [2.24, 2.45) is 0 Å². The molecule has 0 bridgehead atoms. The van der Waals surface area contributed by atoms with Crippen LogP contribution in [-0.4, -0.2) is 19.1 Å². The van der Waals surface area contributed by atoms with Crippen LogP contribution in [0.25, 0.3) is 0 Å². The quantitative estimate of drug-likeness (QED) is 0.646. The summed E-state index contributed by atoms with van der Waals surface area (Å²) in [7, 11) is 0. The van der Waals surface area contributed by atoms with Gasteiger partial charge in [-0.2, -0.15) is 0 Å². The zero-order valence-corrected chi connectivity index (χ0v) is 11.1. The second-order valence-corrected chi connectivity index (χ2v) is 4.31. The van der Waals surface area contributed by atoms with E-state index in [1.165, 1.54) is 6.26 Å². The third-order valence-corrected chi connectivity index (χ3v) is 2.53. The van der Waals surface area contributed by atoms with Gasteiger partial charge in [0.1, 0.15) is 17.2 Å². The molecule has 1 rings (SSSR count). The Morgan fingerprint density at radius 3 is 2.61 bits per heavy atom. The summed E-state index contributed by atoms with van der Waals surface area (Å²) in [6.45, 7) is 4.01. The van der Waals surface area contributed by atoms with E-state index in [9.17, 15) is 13.6 Å². The van der Waals surface area contributed by atoms with Gasteiger partial charge in [-0.05, 0) is 18.6 Å². The molecule has 1 aromatic rings. The van der Waals surface area contributed by atoms with Gasteiger partial charge >= 0.3 is 0 Å². The minimum absolute atomic E-state index is 0.244. The SMILES string of the molecule is C=COCCCNC(=O)c1c(F)cc(Br)cc1F. The molecule has 6 heteroatoms. The van der Waals surface area contributed by atoms with Crippen LogP contribution in [0.3, 0.4) is 0 Å². The van der Waals surface area contributed by atoms with Crippen LogP contribution in [0.15, 0.2) is 29.4 Å². The molecule has 0 aliphatic rings. The fraction of sp³-hybridized carbons (Fsp3) is 0.250. The standard InChI is InChI=1S/C12H12BrF2NO2/c1-2-18-5-3-4-16-12(17)11-9(14)6-8(13)7-10(11)15/h2,6-7H,1,3-5H2,(H,16,17). The summed E-state index contributed by atoms with van der Waals surface area (Å²) in [5.74, 6) is -2.58. The lowest BCUT2D eigenvalue weighted by Crippen LogP contribution is -2.27. The number of amides is 1. The molecule has 1 amide bonds. The van der Waals surface area contributed by atoms with Gasteiger partial charge in [0.2, 0.25) is 0 Å². The molecule has 0 heterocycles. The van der Waals surface area contributed by atoms with E-state index in [2.05, 4.69) is 27.8 Å². The van der Waals surface area contributed by atoms with Crippen LogP contribution in [0, 0.1) is 11.6 Å². The van der Waals surface area contributed by atoms with Crippen molar-refractivity contribution in [3.8, 4) is 0 Å². The maximum absolute atomic E-state index is 13.4. The molecule has 0 spiro atoms. The van der Waals surface area contributed by atoms with Gasteiger partial charge in [-0.15, -0.1) is 0 Å². The molecule has 1 aromatic carbocycles. The zero-order valence-electron chi connectivity index (χ0n) is 9.51. The Morgan fingerprint density at radius 1 is 1.44 bits per heavy atom. The number of ether oxygens (including phenoxy) is 1. The maximum atomic E-state index is 13.4. The minimum Gasteiger partial charge on any atom is -0.502 e. The van der Waals surface area contributed by atoms with E-state index in [1.54, 1.807) is 0 Å². The molecule has 0 fully saturated rings. The number of carbonyl (C=O) groups excluding carboxylic acids is 1. The molecule has 0 unspecified atom stereocenters. The van der Waals surface area contributed by atoms with Gasteiger partial charge < -0.3 is 10.1 Å². The summed E-state index contributed by atoms with van der Waals surface area (Å²) in [5, 5.41) is 2.41. The van der Waals surface area contributed by atoms with Crippen molar-refractivity contribution in [3.63, 3.8) is 0 Å². The van der Waals surface area contributed by atoms with Crippen LogP contribution in [0.5, 0.6) is 0 Å². The predicted octanol–water partition coefficient (Wildman–Crippen LogP) is 3.01. The van der Waals surface area contributed by atoms with E-state index in [1.807, 2.05) is 0 Å². The lowest BCUT2D eigenvalue weighted by Gasteiger charge is -2.07. The molecule has 0 saturated heterocycles. The first-order chi connectivity index (χ1) is 8.56. The number of hydrogen-bond donors (Lipinski definition) is 1. The van der Waals surface area contributed by atoms with Crippen molar-refractivity contribution < 1.29 is 18.3 Å². The third kappa shape index (κ3) is 4.10. The van der Waals surface area contributed by atoms with Gasteiger partial charge in [0, 0.05) is 11.0 Å². The van der Waals surface area contributed by atoms with Crippen LogP contribution in [-0.2, 0) is 4.74 Å². The number of halogens is 3. The maximum Gasteiger partial charge on any atom is 0.257 e. The molecule has 0 aromatic heterocycles. The molecule has 18 heavy (non-hydrogen) atoms. The summed E-state index contributed by atoms with van der Waals surface area (Å²) in [6, 6.07) is 2.08. The highest BCUT2D eigenvalue weighted by atomic mass is 79.9. The average Bonchev–Trinajstić information content (AvgIpc) is 2.27. The van der Waals surface area contributed by atoms with Crippen molar-refractivity contribution in [1.29, 1.82) is 0 Å². The van der Waals surface area contributed by atoms with Crippen molar-refractivity contribution in [3.05, 3.63) is 46.6 Å². The van der Waals surface area contributed by atoms with Crippen molar-refractivity contribution >= 4 is 21.8 Å². The first kappa shape index (κ1) is 14.6. The first-order valence-corrected chi connectivity index (χ1v) is 6.00. The Kier molecular flexibility index (Phi) is 5.77. The van der Waals surface area contributed by atoms with Crippen molar-refractivity contribution in [2.75, 3.05) is 13.2 Å². The second-order valence-electron chi connectivity index (χ2n) is 3.39. The van der Waals surface area contributed by atoms with Gasteiger partial charge in [0.25, 0.3) is 5.91 Å². The highest BCUT2D eigenvalue weighted by molar-refractivity contribution is 9.10. The molecule has 3 nitrogen and oxygen atoms in total. The van der Waals surface area contributed by atoms with Crippen LogP contribution >= 0.6 is 15.9 Å². The van der Waals surface area contributed by atoms with Crippen molar-refractivity contribution in [2.45, 2.75) is 6.42 Å². The number of benzene rings is 1. The Hall–Kier alpha value is -1.43. The molecule has 0 radical (unpaired) electrons. The smallest absolute Gasteiger partial charge is 0.257 e. The summed E-state index contributed by atoms with van der Waals surface area (Å²) in [4.78, 5) is 11.6. The molecular weight excluding hydrogens is 308 g/mol. The summed E-state index contributed by atoms with van der Waals surface area (Å²) in [5.41, 5.74) is -0.581. The Labute approximate surface area is 112 Å². The highest BCUT2D eigenvalue weighted by Crippen LogP contribution is 2.19. The van der Waals surface area contributed by atoms with E-state index in [0.29, 0.717) is 13.0 Å². The number of rotatable bonds is 6. The average molecular weight is 320 g/mol. The topological polar surface area (TPSA) is 38.3 Å². The zero-order chi connectivity index (χ0) is 13.5. The van der Waals surface area contributed by atoms with Crippen molar-refractivity contribution in [1.82, 2.24) is 5.32 Å². The predicted molar refractivity (Wildman–Crippen MR) is 67.2 cm³/mol. The third-order valence-electron chi connectivity index (χ3n) is 2.08. The molecular formula is C12H12BrF2NO2. The van der Waals surface area contributed by atoms with Crippen LogP contribution in [0.2, 0.25) is 0 Å². The molecule has 0 saturated carbocycles. The highest BCUT2D eigenvalue weighted by Gasteiger charge is 2.17. The largest absolute Gasteiger partial charge is 0.502 e. The number of nitrogens with one attached hydrogen (secondary N) is 1. The van der Waals surface area contributed by atoms with E-state index >= 15 is 0 Å².